The number of hydrogen-bond donors (Lipinski definition) is 2. The highest BCUT2D eigenvalue weighted by molar-refractivity contribution is 7.71. The Morgan fingerprint density at radius 3 is 2.47 bits per heavy atom. The lowest BCUT2D eigenvalue weighted by Gasteiger charge is -2.27. The maximum Gasteiger partial charge on any atom is 0.439 e. The Morgan fingerprint density at radius 2 is 2.11 bits per heavy atom. The topological polar surface area (TPSA) is 113 Å². The third kappa shape index (κ3) is 3.83. The molecule has 1 rings (SSSR count). The molecule has 0 aliphatic rings. The van der Waals surface area contributed by atoms with Crippen molar-refractivity contribution in [3.8, 4) is 0 Å². The Kier molecular flexibility index (Phi) is 4.37. The summed E-state index contributed by atoms with van der Waals surface area (Å²) in [4.78, 5) is 28.3. The van der Waals surface area contributed by atoms with Gasteiger partial charge in [0.2, 0.25) is 4.77 Å². The predicted molar refractivity (Wildman–Crippen MR) is 65.6 cm³/mol. The van der Waals surface area contributed by atoms with Gasteiger partial charge in [0.15, 0.2) is 0 Å². The average molecular weight is 289 g/mol. The molecule has 0 saturated carbocycles. The van der Waals surface area contributed by atoms with Gasteiger partial charge in [-0.2, -0.15) is 5.21 Å². The van der Waals surface area contributed by atoms with E-state index in [9.17, 15) is 9.59 Å². The van der Waals surface area contributed by atoms with Gasteiger partial charge in [-0.25, -0.2) is 9.48 Å². The quantitative estimate of drug-likeness (QED) is 0.633. The molecule has 106 valence electrons. The number of nitrogens with one attached hydrogen (secondary N) is 1. The molecule has 0 spiro atoms. The Hall–Kier alpha value is -1.81. The lowest BCUT2D eigenvalue weighted by atomic mass is 10.2. The van der Waals surface area contributed by atoms with Crippen LogP contribution in [0.4, 0.5) is 4.79 Å². The lowest BCUT2D eigenvalue weighted by Crippen LogP contribution is -2.44. The molecule has 1 atom stereocenters. The van der Waals surface area contributed by atoms with Crippen LogP contribution in [0, 0.1) is 4.77 Å². The zero-order valence-corrected chi connectivity index (χ0v) is 11.8. The average Bonchev–Trinajstić information content (AvgIpc) is 2.69. The molecule has 19 heavy (non-hydrogen) atoms. The van der Waals surface area contributed by atoms with Gasteiger partial charge < -0.3 is 5.11 Å². The van der Waals surface area contributed by atoms with Crippen molar-refractivity contribution in [1.82, 2.24) is 25.3 Å². The smallest absolute Gasteiger partial charge is 0.439 e. The second kappa shape index (κ2) is 5.45. The lowest BCUT2D eigenvalue weighted by molar-refractivity contribution is -0.211. The third-order valence-corrected chi connectivity index (χ3v) is 2.26. The highest BCUT2D eigenvalue weighted by Crippen LogP contribution is 2.15. The van der Waals surface area contributed by atoms with Crippen molar-refractivity contribution in [1.29, 1.82) is 0 Å². The first kappa shape index (κ1) is 15.2. The number of nitrogens with zero attached hydrogens (tertiary/aromatic N) is 4. The zero-order valence-electron chi connectivity index (χ0n) is 10.9. The van der Waals surface area contributed by atoms with E-state index in [2.05, 4.69) is 15.5 Å². The Balaban J connectivity index is 2.98. The SMILES string of the molecule is CC(C(=O)N(OC(C)(C)C)C(=O)O)n1[nH]nnc1=S. The van der Waals surface area contributed by atoms with Crippen molar-refractivity contribution in [2.24, 2.45) is 0 Å². The highest BCUT2D eigenvalue weighted by Gasteiger charge is 2.32. The van der Waals surface area contributed by atoms with Crippen LogP contribution >= 0.6 is 12.2 Å². The molecule has 0 aliphatic heterocycles. The predicted octanol–water partition coefficient (Wildman–Crippen LogP) is 1.13. The molecule has 2 N–H and O–H groups in total. The molecule has 1 unspecified atom stereocenters. The molecular formula is C9H15N5O4S. The number of H-pyrrole nitrogens is 1. The van der Waals surface area contributed by atoms with Gasteiger partial charge in [-0.3, -0.25) is 9.63 Å². The first-order valence-corrected chi connectivity index (χ1v) is 5.80. The van der Waals surface area contributed by atoms with Crippen LogP contribution < -0.4 is 0 Å². The van der Waals surface area contributed by atoms with Crippen molar-refractivity contribution < 1.29 is 19.5 Å². The number of imide groups is 1. The van der Waals surface area contributed by atoms with Crippen LogP contribution in [0.15, 0.2) is 0 Å². The minimum atomic E-state index is -1.51. The van der Waals surface area contributed by atoms with Gasteiger partial charge >= 0.3 is 6.09 Å². The highest BCUT2D eigenvalue weighted by atomic mass is 32.1. The van der Waals surface area contributed by atoms with Gasteiger partial charge in [0.25, 0.3) is 5.91 Å². The number of hydrogen-bond acceptors (Lipinski definition) is 6. The second-order valence-electron chi connectivity index (χ2n) is 4.75. The Labute approximate surface area is 114 Å². The van der Waals surface area contributed by atoms with Crippen LogP contribution in [-0.2, 0) is 9.63 Å². The maximum absolute atomic E-state index is 12.1. The zero-order chi connectivity index (χ0) is 14.8. The summed E-state index contributed by atoms with van der Waals surface area (Å²) in [6.07, 6.45) is -1.51. The summed E-state index contributed by atoms with van der Waals surface area (Å²) in [7, 11) is 0. The third-order valence-electron chi connectivity index (χ3n) is 1.98. The van der Waals surface area contributed by atoms with Crippen molar-refractivity contribution in [3.05, 3.63) is 4.77 Å². The summed E-state index contributed by atoms with van der Waals surface area (Å²) in [5, 5.41) is 18.7. The monoisotopic (exact) mass is 289 g/mol. The Bertz CT molecular complexity index is 531. The van der Waals surface area contributed by atoms with E-state index in [1.165, 1.54) is 11.6 Å². The first-order chi connectivity index (χ1) is 8.63. The van der Waals surface area contributed by atoms with Crippen LogP contribution in [0.2, 0.25) is 0 Å². The van der Waals surface area contributed by atoms with Crippen molar-refractivity contribution in [3.63, 3.8) is 0 Å². The van der Waals surface area contributed by atoms with Gasteiger partial charge in [-0.15, -0.1) is 5.06 Å². The van der Waals surface area contributed by atoms with E-state index in [0.29, 0.717) is 0 Å². The van der Waals surface area contributed by atoms with Crippen molar-refractivity contribution in [2.75, 3.05) is 0 Å². The molecule has 1 aromatic heterocycles. The van der Waals surface area contributed by atoms with Gasteiger partial charge in [-0.1, -0.05) is 10.3 Å². The van der Waals surface area contributed by atoms with E-state index in [4.69, 9.17) is 22.2 Å². The van der Waals surface area contributed by atoms with Crippen molar-refractivity contribution >= 4 is 24.2 Å². The molecule has 0 radical (unpaired) electrons. The van der Waals surface area contributed by atoms with Gasteiger partial charge in [0.1, 0.15) is 6.04 Å². The van der Waals surface area contributed by atoms with Crippen molar-refractivity contribution in [2.45, 2.75) is 39.3 Å². The van der Waals surface area contributed by atoms with Gasteiger partial charge in [0, 0.05) is 0 Å². The molecule has 1 aromatic rings. The van der Waals surface area contributed by atoms with E-state index in [-0.39, 0.29) is 9.83 Å². The minimum Gasteiger partial charge on any atom is -0.463 e. The number of carbonyl (C=O) groups is 2. The van der Waals surface area contributed by atoms with E-state index in [0.717, 1.165) is 0 Å². The standard InChI is InChI=1S/C9H15N5O4S/c1-5(13-7(19)10-11-12-13)6(15)14(8(16)17)18-9(2,3)4/h5H,1-4H3,(H,16,17)(H,10,12,19). The Morgan fingerprint density at radius 1 is 1.53 bits per heavy atom. The summed E-state index contributed by atoms with van der Waals surface area (Å²) in [6, 6.07) is -0.930. The van der Waals surface area contributed by atoms with E-state index < -0.39 is 23.6 Å². The number of carboxylic acid groups (broad SMARTS) is 1. The van der Waals surface area contributed by atoms with Crippen LogP contribution in [0.1, 0.15) is 33.7 Å². The summed E-state index contributed by atoms with van der Waals surface area (Å²) in [5.41, 5.74) is -0.832. The molecule has 0 fully saturated rings. The number of aromatic amines is 1. The van der Waals surface area contributed by atoms with E-state index >= 15 is 0 Å². The largest absolute Gasteiger partial charge is 0.463 e. The van der Waals surface area contributed by atoms with Gasteiger partial charge in [-0.05, 0) is 39.9 Å². The molecular weight excluding hydrogens is 274 g/mol. The van der Waals surface area contributed by atoms with Gasteiger partial charge in [0.05, 0.1) is 5.60 Å². The number of carbonyl (C=O) groups excluding carboxylic acids is 1. The summed E-state index contributed by atoms with van der Waals surface area (Å²) in [5.74, 6) is -0.801. The number of aromatic nitrogens is 4. The number of rotatable bonds is 3. The van der Waals surface area contributed by atoms with Crippen LogP contribution in [0.25, 0.3) is 0 Å². The molecule has 1 heterocycles. The number of hydroxylamine groups is 2. The summed E-state index contributed by atoms with van der Waals surface area (Å²) in [6.45, 7) is 6.35. The number of tetrazole rings is 1. The fraction of sp³-hybridized carbons (Fsp3) is 0.667. The molecule has 2 amide bonds. The first-order valence-electron chi connectivity index (χ1n) is 5.39. The second-order valence-corrected chi connectivity index (χ2v) is 5.11. The minimum absolute atomic E-state index is 0.0435. The number of amides is 2. The summed E-state index contributed by atoms with van der Waals surface area (Å²) < 4.78 is 1.21. The van der Waals surface area contributed by atoms with E-state index in [1.54, 1.807) is 20.8 Å². The fourth-order valence-corrected chi connectivity index (χ4v) is 1.43. The fourth-order valence-electron chi connectivity index (χ4n) is 1.19. The molecule has 9 nitrogen and oxygen atoms in total. The molecule has 0 bridgehead atoms. The molecule has 0 aromatic carbocycles. The van der Waals surface area contributed by atoms with Crippen LogP contribution in [-0.4, -0.2) is 48.0 Å². The normalized spacial score (nSPS) is 13.1. The van der Waals surface area contributed by atoms with Crippen LogP contribution in [0.3, 0.4) is 0 Å². The maximum atomic E-state index is 12.1. The molecule has 0 saturated heterocycles. The van der Waals surface area contributed by atoms with E-state index in [1.807, 2.05) is 0 Å². The summed E-state index contributed by atoms with van der Waals surface area (Å²) >= 11 is 4.84. The molecule has 0 aliphatic carbocycles. The molecule has 10 heteroatoms. The van der Waals surface area contributed by atoms with Crippen LogP contribution in [0.5, 0.6) is 0 Å².